The van der Waals surface area contributed by atoms with Crippen molar-refractivity contribution in [2.45, 2.75) is 23.9 Å². The van der Waals surface area contributed by atoms with Crippen molar-refractivity contribution in [1.29, 1.82) is 0 Å². The zero-order valence-electron chi connectivity index (χ0n) is 17.4. The van der Waals surface area contributed by atoms with Gasteiger partial charge in [0.15, 0.2) is 0 Å². The molecule has 34 heavy (non-hydrogen) atoms. The van der Waals surface area contributed by atoms with E-state index in [4.69, 9.17) is 0 Å². The second-order valence-electron chi connectivity index (χ2n) is 7.59. The molecule has 0 atom stereocenters. The number of nitrogens with zero attached hydrogens (tertiary/aromatic N) is 1. The zero-order chi connectivity index (χ0) is 24.7. The standard InChI is InChI=1S/C23H17F5N2O3S/c24-15-7-10-17(11-8-15)34(32,33)30-12-2-3-14-6-9-16(13-20(14)30)29-22(31)21-18(23(26,27)28)4-1-5-19(21)25/h1,4-11,13H,2-3,12H2,(H,29,31). The molecule has 0 aliphatic carbocycles. The molecule has 1 N–H and O–H groups in total. The number of hydrogen-bond acceptors (Lipinski definition) is 3. The summed E-state index contributed by atoms with van der Waals surface area (Å²) in [6.45, 7) is 0.107. The second-order valence-corrected chi connectivity index (χ2v) is 9.45. The Morgan fingerprint density at radius 1 is 0.971 bits per heavy atom. The molecule has 3 aromatic carbocycles. The summed E-state index contributed by atoms with van der Waals surface area (Å²) >= 11 is 0. The Balaban J connectivity index is 1.69. The van der Waals surface area contributed by atoms with Crippen LogP contribution in [-0.4, -0.2) is 20.9 Å². The lowest BCUT2D eigenvalue weighted by Crippen LogP contribution is -2.35. The van der Waals surface area contributed by atoms with Gasteiger partial charge in [-0.15, -0.1) is 0 Å². The highest BCUT2D eigenvalue weighted by Gasteiger charge is 2.37. The molecule has 178 valence electrons. The van der Waals surface area contributed by atoms with Crippen LogP contribution >= 0.6 is 0 Å². The largest absolute Gasteiger partial charge is 0.417 e. The Morgan fingerprint density at radius 2 is 1.68 bits per heavy atom. The normalized spacial score (nSPS) is 14.0. The van der Waals surface area contributed by atoms with E-state index in [1.807, 2.05) is 0 Å². The highest BCUT2D eigenvalue weighted by Crippen LogP contribution is 2.36. The number of amides is 1. The average Bonchev–Trinajstić information content (AvgIpc) is 2.78. The van der Waals surface area contributed by atoms with E-state index in [9.17, 15) is 35.2 Å². The molecule has 0 unspecified atom stereocenters. The van der Waals surface area contributed by atoms with E-state index in [0.717, 1.165) is 40.7 Å². The van der Waals surface area contributed by atoms with Crippen molar-refractivity contribution in [3.05, 3.63) is 89.0 Å². The number of benzene rings is 3. The number of aryl methyl sites for hydroxylation is 1. The topological polar surface area (TPSA) is 66.5 Å². The lowest BCUT2D eigenvalue weighted by atomic mass is 10.0. The van der Waals surface area contributed by atoms with Gasteiger partial charge in [0.2, 0.25) is 0 Å². The molecule has 0 radical (unpaired) electrons. The van der Waals surface area contributed by atoms with Gasteiger partial charge >= 0.3 is 6.18 Å². The first-order valence-corrected chi connectivity index (χ1v) is 11.5. The van der Waals surface area contributed by atoms with Gasteiger partial charge in [-0.05, 0) is 66.9 Å². The van der Waals surface area contributed by atoms with Gasteiger partial charge in [0.25, 0.3) is 15.9 Å². The molecule has 0 bridgehead atoms. The van der Waals surface area contributed by atoms with Crippen LogP contribution in [0.1, 0.15) is 27.9 Å². The third-order valence-corrected chi connectivity index (χ3v) is 7.19. The van der Waals surface area contributed by atoms with Gasteiger partial charge in [-0.1, -0.05) is 12.1 Å². The maximum atomic E-state index is 14.2. The number of nitrogens with one attached hydrogen (secondary N) is 1. The van der Waals surface area contributed by atoms with Crippen molar-refractivity contribution in [2.24, 2.45) is 0 Å². The summed E-state index contributed by atoms with van der Waals surface area (Å²) in [7, 11) is -4.08. The van der Waals surface area contributed by atoms with Crippen molar-refractivity contribution in [2.75, 3.05) is 16.2 Å². The van der Waals surface area contributed by atoms with E-state index >= 15 is 0 Å². The summed E-state index contributed by atoms with van der Waals surface area (Å²) in [5.41, 5.74) is -1.75. The summed E-state index contributed by atoms with van der Waals surface area (Å²) in [5.74, 6) is -3.27. The summed E-state index contributed by atoms with van der Waals surface area (Å²) in [6.07, 6.45) is -3.92. The van der Waals surface area contributed by atoms with Crippen LogP contribution in [0.5, 0.6) is 0 Å². The first-order chi connectivity index (χ1) is 16.0. The van der Waals surface area contributed by atoms with Crippen LogP contribution in [-0.2, 0) is 22.6 Å². The number of carbonyl (C=O) groups excluding carboxylic acids is 1. The fraction of sp³-hybridized carbons (Fsp3) is 0.174. The van der Waals surface area contributed by atoms with Gasteiger partial charge in [-0.3, -0.25) is 9.10 Å². The molecule has 4 rings (SSSR count). The molecular weight excluding hydrogens is 479 g/mol. The third kappa shape index (κ3) is 4.47. The van der Waals surface area contributed by atoms with Gasteiger partial charge in [0.1, 0.15) is 11.6 Å². The molecule has 1 amide bonds. The Bertz CT molecular complexity index is 1360. The van der Waals surface area contributed by atoms with E-state index in [2.05, 4.69) is 5.32 Å². The highest BCUT2D eigenvalue weighted by molar-refractivity contribution is 7.92. The monoisotopic (exact) mass is 496 g/mol. The predicted molar refractivity (Wildman–Crippen MR) is 115 cm³/mol. The van der Waals surface area contributed by atoms with E-state index in [-0.39, 0.29) is 22.8 Å². The Morgan fingerprint density at radius 3 is 2.35 bits per heavy atom. The predicted octanol–water partition coefficient (Wildman–Crippen LogP) is 5.38. The molecule has 0 saturated carbocycles. The SMILES string of the molecule is O=C(Nc1ccc2c(c1)N(S(=O)(=O)c1ccc(F)cc1)CCC2)c1c(F)cccc1C(F)(F)F. The van der Waals surface area contributed by atoms with Crippen LogP contribution in [0, 0.1) is 11.6 Å². The number of alkyl halides is 3. The molecular formula is C23H17F5N2O3S. The molecule has 0 saturated heterocycles. The van der Waals surface area contributed by atoms with Crippen LogP contribution in [0.4, 0.5) is 33.3 Å². The van der Waals surface area contributed by atoms with Crippen molar-refractivity contribution < 1.29 is 35.2 Å². The van der Waals surface area contributed by atoms with Crippen molar-refractivity contribution in [3.8, 4) is 0 Å². The number of carbonyl (C=O) groups is 1. The van der Waals surface area contributed by atoms with Gasteiger partial charge in [-0.25, -0.2) is 17.2 Å². The lowest BCUT2D eigenvalue weighted by molar-refractivity contribution is -0.138. The van der Waals surface area contributed by atoms with Crippen LogP contribution in [0.2, 0.25) is 0 Å². The van der Waals surface area contributed by atoms with Crippen molar-refractivity contribution >= 4 is 27.3 Å². The molecule has 0 fully saturated rings. The fourth-order valence-corrected chi connectivity index (χ4v) is 5.32. The molecule has 1 aliphatic rings. The van der Waals surface area contributed by atoms with E-state index in [1.165, 1.54) is 12.1 Å². The van der Waals surface area contributed by atoms with E-state index in [0.29, 0.717) is 24.5 Å². The molecule has 1 aliphatic heterocycles. The van der Waals surface area contributed by atoms with Gasteiger partial charge in [-0.2, -0.15) is 13.2 Å². The van der Waals surface area contributed by atoms with Gasteiger partial charge in [0.05, 0.1) is 21.7 Å². The highest BCUT2D eigenvalue weighted by atomic mass is 32.2. The maximum Gasteiger partial charge on any atom is 0.417 e. The van der Waals surface area contributed by atoms with Crippen LogP contribution < -0.4 is 9.62 Å². The average molecular weight is 496 g/mol. The van der Waals surface area contributed by atoms with Gasteiger partial charge in [0, 0.05) is 12.2 Å². The number of rotatable bonds is 4. The number of anilines is 2. The molecule has 0 spiro atoms. The van der Waals surface area contributed by atoms with Crippen LogP contribution in [0.15, 0.2) is 65.6 Å². The first-order valence-electron chi connectivity index (χ1n) is 10.1. The Kier molecular flexibility index (Phi) is 6.07. The lowest BCUT2D eigenvalue weighted by Gasteiger charge is -2.31. The minimum absolute atomic E-state index is 0.0127. The fourth-order valence-electron chi connectivity index (χ4n) is 3.79. The van der Waals surface area contributed by atoms with E-state index < -0.39 is 44.9 Å². The smallest absolute Gasteiger partial charge is 0.322 e. The van der Waals surface area contributed by atoms with Crippen LogP contribution in [0.25, 0.3) is 0 Å². The third-order valence-electron chi connectivity index (χ3n) is 5.37. The van der Waals surface area contributed by atoms with E-state index in [1.54, 1.807) is 6.07 Å². The molecule has 5 nitrogen and oxygen atoms in total. The Hall–Kier alpha value is -3.47. The number of sulfonamides is 1. The number of hydrogen-bond donors (Lipinski definition) is 1. The summed E-state index contributed by atoms with van der Waals surface area (Å²) in [4.78, 5) is 12.4. The number of fused-ring (bicyclic) bond motifs is 1. The van der Waals surface area contributed by atoms with Crippen molar-refractivity contribution in [1.82, 2.24) is 0 Å². The summed E-state index contributed by atoms with van der Waals surface area (Å²) < 4.78 is 94.7. The summed E-state index contributed by atoms with van der Waals surface area (Å²) in [6, 6.07) is 10.7. The number of halogens is 5. The van der Waals surface area contributed by atoms with Crippen molar-refractivity contribution in [3.63, 3.8) is 0 Å². The molecule has 1 heterocycles. The first kappa shape index (κ1) is 23.7. The van der Waals surface area contributed by atoms with Crippen LogP contribution in [0.3, 0.4) is 0 Å². The second kappa shape index (κ2) is 8.71. The van der Waals surface area contributed by atoms with Gasteiger partial charge < -0.3 is 5.32 Å². The quantitative estimate of drug-likeness (QED) is 0.494. The summed E-state index contributed by atoms with van der Waals surface area (Å²) in [5, 5.41) is 2.23. The zero-order valence-corrected chi connectivity index (χ0v) is 18.2. The minimum atomic E-state index is -4.95. The molecule has 0 aromatic heterocycles. The maximum absolute atomic E-state index is 14.2. The molecule has 11 heteroatoms. The Labute approximate surface area is 191 Å². The molecule has 3 aromatic rings. The minimum Gasteiger partial charge on any atom is -0.322 e.